The summed E-state index contributed by atoms with van der Waals surface area (Å²) in [6.07, 6.45) is 0. The highest BCUT2D eigenvalue weighted by molar-refractivity contribution is 7.89. The fourth-order valence-corrected chi connectivity index (χ4v) is 4.35. The number of sulfonamides is 1. The summed E-state index contributed by atoms with van der Waals surface area (Å²) in [4.78, 5) is 0.188. The van der Waals surface area contributed by atoms with Crippen molar-refractivity contribution >= 4 is 38.7 Å². The van der Waals surface area contributed by atoms with Crippen LogP contribution in [0.4, 0.5) is 11.4 Å². The van der Waals surface area contributed by atoms with E-state index in [1.165, 1.54) is 23.5 Å². The molecule has 6 nitrogen and oxygen atoms in total. The molecule has 0 saturated carbocycles. The van der Waals surface area contributed by atoms with E-state index in [0.717, 1.165) is 11.3 Å². The minimum Gasteiger partial charge on any atom is -0.495 e. The van der Waals surface area contributed by atoms with Crippen molar-refractivity contribution in [3.05, 3.63) is 48.0 Å². The van der Waals surface area contributed by atoms with Crippen LogP contribution in [0.3, 0.4) is 0 Å². The minimum absolute atomic E-state index is 0.188. The lowest BCUT2D eigenvalue weighted by Crippen LogP contribution is -2.30. The maximum absolute atomic E-state index is 12.8. The van der Waals surface area contributed by atoms with Crippen molar-refractivity contribution in [3.63, 3.8) is 0 Å². The molecule has 0 spiro atoms. The van der Waals surface area contributed by atoms with Gasteiger partial charge >= 0.3 is 0 Å². The van der Waals surface area contributed by atoms with Crippen LogP contribution < -0.4 is 15.4 Å². The van der Waals surface area contributed by atoms with Gasteiger partial charge < -0.3 is 15.4 Å². The average molecular weight is 408 g/mol. The van der Waals surface area contributed by atoms with E-state index in [1.54, 1.807) is 6.07 Å². The molecule has 8 heteroatoms. The van der Waals surface area contributed by atoms with Gasteiger partial charge in [-0.05, 0) is 49.0 Å². The van der Waals surface area contributed by atoms with E-state index in [4.69, 9.17) is 17.0 Å². The normalized spacial score (nSPS) is 11.3. The van der Waals surface area contributed by atoms with Gasteiger partial charge in [-0.2, -0.15) is 4.31 Å². The van der Waals surface area contributed by atoms with E-state index in [2.05, 4.69) is 10.6 Å². The summed E-state index contributed by atoms with van der Waals surface area (Å²) in [6, 6.07) is 12.4. The van der Waals surface area contributed by atoms with Crippen LogP contribution in [0.2, 0.25) is 0 Å². The Morgan fingerprint density at radius 1 is 1.07 bits per heavy atom. The SMILES string of the molecule is CCN(CC)S(=O)(=O)c1ccc(OC)c(NC(=S)Nc2ccccc2C)c1. The number of anilines is 2. The van der Waals surface area contributed by atoms with Gasteiger partial charge in [0.25, 0.3) is 0 Å². The van der Waals surface area contributed by atoms with Crippen LogP contribution in [-0.2, 0) is 10.0 Å². The molecule has 0 saturated heterocycles. The van der Waals surface area contributed by atoms with Crippen molar-refractivity contribution in [1.29, 1.82) is 0 Å². The molecule has 0 atom stereocenters. The van der Waals surface area contributed by atoms with Gasteiger partial charge in [0.05, 0.1) is 17.7 Å². The van der Waals surface area contributed by atoms with E-state index < -0.39 is 10.0 Å². The summed E-state index contributed by atoms with van der Waals surface area (Å²) < 4.78 is 32.3. The third-order valence-electron chi connectivity index (χ3n) is 4.16. The summed E-state index contributed by atoms with van der Waals surface area (Å²) >= 11 is 5.38. The maximum Gasteiger partial charge on any atom is 0.243 e. The fraction of sp³-hybridized carbons (Fsp3) is 0.316. The van der Waals surface area contributed by atoms with Gasteiger partial charge in [-0.25, -0.2) is 8.42 Å². The molecule has 0 unspecified atom stereocenters. The van der Waals surface area contributed by atoms with Gasteiger partial charge in [-0.1, -0.05) is 32.0 Å². The third kappa shape index (κ3) is 4.97. The first kappa shape index (κ1) is 21.1. The smallest absolute Gasteiger partial charge is 0.243 e. The van der Waals surface area contributed by atoms with Crippen molar-refractivity contribution in [2.24, 2.45) is 0 Å². The quantitative estimate of drug-likeness (QED) is 0.680. The van der Waals surface area contributed by atoms with Gasteiger partial charge in [0.2, 0.25) is 10.0 Å². The predicted octanol–water partition coefficient (Wildman–Crippen LogP) is 3.84. The van der Waals surface area contributed by atoms with Crippen molar-refractivity contribution in [3.8, 4) is 5.75 Å². The van der Waals surface area contributed by atoms with Crippen LogP contribution in [0.15, 0.2) is 47.4 Å². The summed E-state index contributed by atoms with van der Waals surface area (Å²) in [5.74, 6) is 0.502. The second-order valence-electron chi connectivity index (χ2n) is 5.85. The van der Waals surface area contributed by atoms with Crippen LogP contribution in [0.5, 0.6) is 5.75 Å². The van der Waals surface area contributed by atoms with Gasteiger partial charge in [0.15, 0.2) is 5.11 Å². The number of methoxy groups -OCH3 is 1. The summed E-state index contributed by atoms with van der Waals surface area (Å²) in [5.41, 5.74) is 2.41. The van der Waals surface area contributed by atoms with Crippen LogP contribution in [0, 0.1) is 6.92 Å². The lowest BCUT2D eigenvalue weighted by Gasteiger charge is -2.20. The van der Waals surface area contributed by atoms with Crippen LogP contribution in [-0.4, -0.2) is 38.0 Å². The number of thiocarbonyl (C=S) groups is 1. The van der Waals surface area contributed by atoms with Crippen molar-refractivity contribution in [1.82, 2.24) is 4.31 Å². The Morgan fingerprint density at radius 2 is 1.70 bits per heavy atom. The number of benzene rings is 2. The monoisotopic (exact) mass is 407 g/mol. The second kappa shape index (κ2) is 9.16. The molecule has 2 N–H and O–H groups in total. The highest BCUT2D eigenvalue weighted by Gasteiger charge is 2.23. The van der Waals surface area contributed by atoms with Crippen molar-refractivity contribution in [2.75, 3.05) is 30.8 Å². The maximum atomic E-state index is 12.8. The largest absolute Gasteiger partial charge is 0.495 e. The first-order valence-corrected chi connectivity index (χ1v) is 10.5. The molecule has 0 aromatic heterocycles. The van der Waals surface area contributed by atoms with Gasteiger partial charge in [-0.15, -0.1) is 0 Å². The molecule has 27 heavy (non-hydrogen) atoms. The molecule has 0 fully saturated rings. The Morgan fingerprint density at radius 3 is 2.30 bits per heavy atom. The van der Waals surface area contributed by atoms with E-state index in [0.29, 0.717) is 29.6 Å². The van der Waals surface area contributed by atoms with Crippen molar-refractivity contribution in [2.45, 2.75) is 25.7 Å². The Kier molecular flexibility index (Phi) is 7.18. The molecule has 146 valence electrons. The number of hydrogen-bond donors (Lipinski definition) is 2. The number of hydrogen-bond acceptors (Lipinski definition) is 4. The molecule has 2 aromatic rings. The molecule has 0 aliphatic heterocycles. The van der Waals surface area contributed by atoms with Crippen LogP contribution >= 0.6 is 12.2 Å². The Hall–Kier alpha value is -2.16. The lowest BCUT2D eigenvalue weighted by atomic mass is 10.2. The van der Waals surface area contributed by atoms with E-state index in [1.807, 2.05) is 45.0 Å². The number of rotatable bonds is 7. The zero-order valence-electron chi connectivity index (χ0n) is 15.9. The van der Waals surface area contributed by atoms with Crippen LogP contribution in [0.25, 0.3) is 0 Å². The number of nitrogens with zero attached hydrogens (tertiary/aromatic N) is 1. The van der Waals surface area contributed by atoms with Gasteiger partial charge in [0.1, 0.15) is 5.75 Å². The number of ether oxygens (including phenoxy) is 1. The topological polar surface area (TPSA) is 70.7 Å². The standard InChI is InChI=1S/C19H25N3O3S2/c1-5-22(6-2)27(23,24)15-11-12-18(25-4)17(13-15)21-19(26)20-16-10-8-7-9-14(16)3/h7-13H,5-6H2,1-4H3,(H2,20,21,26). The summed E-state index contributed by atoms with van der Waals surface area (Å²) in [6.45, 7) is 6.40. The molecule has 0 bridgehead atoms. The summed E-state index contributed by atoms with van der Waals surface area (Å²) in [7, 11) is -2.05. The fourth-order valence-electron chi connectivity index (χ4n) is 2.65. The minimum atomic E-state index is -3.58. The Balaban J connectivity index is 2.30. The second-order valence-corrected chi connectivity index (χ2v) is 8.19. The Labute approximate surface area is 166 Å². The lowest BCUT2D eigenvalue weighted by molar-refractivity contribution is 0.416. The van der Waals surface area contributed by atoms with E-state index in [9.17, 15) is 8.42 Å². The number of para-hydroxylation sites is 1. The Bertz CT molecular complexity index is 910. The van der Waals surface area contributed by atoms with Crippen molar-refractivity contribution < 1.29 is 13.2 Å². The summed E-state index contributed by atoms with van der Waals surface area (Å²) in [5, 5.41) is 6.50. The first-order chi connectivity index (χ1) is 12.8. The highest BCUT2D eigenvalue weighted by Crippen LogP contribution is 2.29. The number of nitrogens with one attached hydrogen (secondary N) is 2. The predicted molar refractivity (Wildman–Crippen MR) is 114 cm³/mol. The third-order valence-corrected chi connectivity index (χ3v) is 6.41. The molecule has 0 aliphatic carbocycles. The van der Waals surface area contributed by atoms with Gasteiger partial charge in [0, 0.05) is 18.8 Å². The molecule has 0 heterocycles. The molecule has 2 rings (SSSR count). The molecule has 0 amide bonds. The van der Waals surface area contributed by atoms with E-state index in [-0.39, 0.29) is 4.90 Å². The average Bonchev–Trinajstić information content (AvgIpc) is 2.64. The number of aryl methyl sites for hydroxylation is 1. The zero-order valence-corrected chi connectivity index (χ0v) is 17.6. The molecule has 0 aliphatic rings. The van der Waals surface area contributed by atoms with Crippen LogP contribution in [0.1, 0.15) is 19.4 Å². The molecule has 0 radical (unpaired) electrons. The van der Waals surface area contributed by atoms with E-state index >= 15 is 0 Å². The van der Waals surface area contributed by atoms with Gasteiger partial charge in [-0.3, -0.25) is 0 Å². The molecular formula is C19H25N3O3S2. The first-order valence-electron chi connectivity index (χ1n) is 8.65. The highest BCUT2D eigenvalue weighted by atomic mass is 32.2. The zero-order chi connectivity index (χ0) is 20.0. The molecular weight excluding hydrogens is 382 g/mol. The molecule has 2 aromatic carbocycles.